The number of hydrogen-bond acceptors (Lipinski definition) is 9. The van der Waals surface area contributed by atoms with Gasteiger partial charge in [0.1, 0.15) is 12.6 Å². The van der Waals surface area contributed by atoms with Crippen molar-refractivity contribution in [1.82, 2.24) is 25.9 Å². The number of hydrogen-bond donors (Lipinski definition) is 6. The van der Waals surface area contributed by atoms with Crippen LogP contribution in [0.4, 0.5) is 4.79 Å². The Morgan fingerprint density at radius 3 is 2.55 bits per heavy atom. The van der Waals surface area contributed by atoms with E-state index in [0.717, 1.165) is 11.0 Å². The van der Waals surface area contributed by atoms with Crippen LogP contribution in [0.15, 0.2) is 29.4 Å². The number of aromatic amines is 1. The highest BCUT2D eigenvalue weighted by Crippen LogP contribution is 2.32. The third-order valence-corrected chi connectivity index (χ3v) is 8.28. The Balaban J connectivity index is 1.63. The Labute approximate surface area is 237 Å². The number of ether oxygens (including phenoxy) is 1. The highest BCUT2D eigenvalue weighted by molar-refractivity contribution is 8.00. The number of rotatable bonds is 13. The van der Waals surface area contributed by atoms with Crippen LogP contribution in [0.5, 0.6) is 0 Å². The van der Waals surface area contributed by atoms with Crippen LogP contribution in [0.1, 0.15) is 47.0 Å². The summed E-state index contributed by atoms with van der Waals surface area (Å²) in [6, 6.07) is 4.96. The van der Waals surface area contributed by atoms with Gasteiger partial charge in [-0.1, -0.05) is 37.7 Å². The minimum absolute atomic E-state index is 0.0164. The molecule has 1 aliphatic heterocycles. The molecule has 0 saturated carbocycles. The molecule has 40 heavy (non-hydrogen) atoms. The summed E-state index contributed by atoms with van der Waals surface area (Å²) in [4.78, 5) is 45.6. The van der Waals surface area contributed by atoms with Gasteiger partial charge in [0.15, 0.2) is 5.16 Å². The highest BCUT2D eigenvalue weighted by atomic mass is 32.2. The van der Waals surface area contributed by atoms with Crippen molar-refractivity contribution in [2.24, 2.45) is 11.8 Å². The summed E-state index contributed by atoms with van der Waals surface area (Å²) in [6.45, 7) is 7.76. The van der Waals surface area contributed by atoms with E-state index < -0.39 is 50.3 Å². The number of imidazole rings is 1. The Bertz CT molecular complexity index is 1280. The Hall–Kier alpha value is -2.88. The lowest BCUT2D eigenvalue weighted by atomic mass is 9.97. The molecule has 3 amide bonds. The number of alkyl carbamates (subject to hydrolysis) is 1. The van der Waals surface area contributed by atoms with E-state index in [2.05, 4.69) is 25.9 Å². The SMILES string of the molecule is CC(C)C[C@H](NC(=O)OCC(C)(C)Sc1nc2ccccc2[nH]1)C(=O)N[C@@H](C[C@@H]1CCNC1=O)[C@H](O)S(=O)(=O)O. The number of carbonyl (C=O) groups is 3. The van der Waals surface area contributed by atoms with E-state index in [-0.39, 0.29) is 31.3 Å². The molecular formula is C25H37N5O8S2. The molecule has 1 aliphatic rings. The zero-order valence-electron chi connectivity index (χ0n) is 22.8. The third-order valence-electron chi connectivity index (χ3n) is 6.29. The zero-order chi connectivity index (χ0) is 29.7. The number of aliphatic hydroxyl groups is 1. The van der Waals surface area contributed by atoms with Crippen molar-refractivity contribution in [2.75, 3.05) is 13.2 Å². The Morgan fingerprint density at radius 1 is 1.25 bits per heavy atom. The average molecular weight is 600 g/mol. The van der Waals surface area contributed by atoms with Gasteiger partial charge in [-0.05, 0) is 51.2 Å². The molecule has 0 spiro atoms. The van der Waals surface area contributed by atoms with Gasteiger partial charge in [0.05, 0.1) is 21.8 Å². The molecule has 15 heteroatoms. The van der Waals surface area contributed by atoms with Crippen LogP contribution < -0.4 is 16.0 Å². The van der Waals surface area contributed by atoms with Gasteiger partial charge >= 0.3 is 6.09 Å². The topological polar surface area (TPSA) is 200 Å². The van der Waals surface area contributed by atoms with Gasteiger partial charge in [-0.25, -0.2) is 9.78 Å². The van der Waals surface area contributed by atoms with Gasteiger partial charge < -0.3 is 30.8 Å². The second-order valence-electron chi connectivity index (χ2n) is 10.9. The van der Waals surface area contributed by atoms with E-state index in [4.69, 9.17) is 4.74 Å². The molecule has 6 N–H and O–H groups in total. The van der Waals surface area contributed by atoms with Crippen molar-refractivity contribution >= 4 is 50.8 Å². The second kappa shape index (κ2) is 13.2. The van der Waals surface area contributed by atoms with Crippen LogP contribution in [0.25, 0.3) is 11.0 Å². The minimum Gasteiger partial charge on any atom is -0.448 e. The second-order valence-corrected chi connectivity index (χ2v) is 14.1. The van der Waals surface area contributed by atoms with Crippen molar-refractivity contribution < 1.29 is 37.2 Å². The number of thioether (sulfide) groups is 1. The fourth-order valence-electron chi connectivity index (χ4n) is 4.31. The first-order chi connectivity index (χ1) is 18.6. The fraction of sp³-hybridized carbons (Fsp3) is 0.600. The molecule has 0 radical (unpaired) electrons. The quantitative estimate of drug-likeness (QED) is 0.146. The first kappa shape index (κ1) is 31.6. The average Bonchev–Trinajstić information content (AvgIpc) is 3.45. The number of nitrogens with zero attached hydrogens (tertiary/aromatic N) is 1. The van der Waals surface area contributed by atoms with Crippen LogP contribution in [-0.4, -0.2) is 81.4 Å². The summed E-state index contributed by atoms with van der Waals surface area (Å²) in [7, 11) is -4.95. The molecule has 1 saturated heterocycles. The van der Waals surface area contributed by atoms with E-state index in [1.54, 1.807) is 0 Å². The monoisotopic (exact) mass is 599 g/mol. The molecule has 0 bridgehead atoms. The number of nitrogens with one attached hydrogen (secondary N) is 4. The van der Waals surface area contributed by atoms with Crippen LogP contribution in [0, 0.1) is 11.8 Å². The maximum Gasteiger partial charge on any atom is 0.407 e. The fourth-order valence-corrected chi connectivity index (χ4v) is 5.85. The zero-order valence-corrected chi connectivity index (χ0v) is 24.5. The number of amides is 3. The summed E-state index contributed by atoms with van der Waals surface area (Å²) >= 11 is 1.39. The van der Waals surface area contributed by atoms with Gasteiger partial charge in [-0.15, -0.1) is 0 Å². The lowest BCUT2D eigenvalue weighted by Crippen LogP contribution is -2.55. The van der Waals surface area contributed by atoms with Crippen molar-refractivity contribution in [3.63, 3.8) is 0 Å². The maximum atomic E-state index is 13.2. The minimum atomic E-state index is -4.95. The van der Waals surface area contributed by atoms with E-state index in [1.165, 1.54) is 11.8 Å². The van der Waals surface area contributed by atoms with Gasteiger partial charge in [0.25, 0.3) is 10.1 Å². The van der Waals surface area contributed by atoms with Gasteiger partial charge in [-0.2, -0.15) is 8.42 Å². The van der Waals surface area contributed by atoms with Crippen LogP contribution in [0.2, 0.25) is 0 Å². The summed E-state index contributed by atoms with van der Waals surface area (Å²) in [5.74, 6) is -1.84. The van der Waals surface area contributed by atoms with Gasteiger partial charge in [0.2, 0.25) is 17.3 Å². The molecule has 4 atom stereocenters. The van der Waals surface area contributed by atoms with Gasteiger partial charge in [-0.3, -0.25) is 14.1 Å². The molecule has 3 rings (SSSR count). The molecular weight excluding hydrogens is 562 g/mol. The van der Waals surface area contributed by atoms with E-state index >= 15 is 0 Å². The maximum absolute atomic E-state index is 13.2. The molecule has 2 aromatic rings. The van der Waals surface area contributed by atoms with E-state index in [1.807, 2.05) is 52.0 Å². The molecule has 1 aromatic carbocycles. The summed E-state index contributed by atoms with van der Waals surface area (Å²) in [5, 5.41) is 18.4. The number of carbonyl (C=O) groups excluding carboxylic acids is 3. The normalized spacial score (nSPS) is 18.3. The molecule has 222 valence electrons. The number of aliphatic hydroxyl groups excluding tert-OH is 1. The van der Waals surface area contributed by atoms with Crippen molar-refractivity contribution in [1.29, 1.82) is 0 Å². The first-order valence-corrected chi connectivity index (χ1v) is 15.3. The molecule has 1 fully saturated rings. The van der Waals surface area contributed by atoms with Crippen LogP contribution in [-0.2, 0) is 24.4 Å². The van der Waals surface area contributed by atoms with Crippen LogP contribution >= 0.6 is 11.8 Å². The third kappa shape index (κ3) is 9.08. The summed E-state index contributed by atoms with van der Waals surface area (Å²) < 4.78 is 37.5. The molecule has 0 aliphatic carbocycles. The lowest BCUT2D eigenvalue weighted by Gasteiger charge is -2.28. The van der Waals surface area contributed by atoms with E-state index in [9.17, 15) is 32.5 Å². The number of para-hydroxylation sites is 2. The smallest absolute Gasteiger partial charge is 0.407 e. The summed E-state index contributed by atoms with van der Waals surface area (Å²) in [5.41, 5.74) is -0.659. The van der Waals surface area contributed by atoms with Crippen molar-refractivity contribution in [3.8, 4) is 0 Å². The van der Waals surface area contributed by atoms with Crippen molar-refractivity contribution in [3.05, 3.63) is 24.3 Å². The first-order valence-electron chi connectivity index (χ1n) is 12.9. The van der Waals surface area contributed by atoms with E-state index in [0.29, 0.717) is 18.1 Å². The van der Waals surface area contributed by atoms with Crippen LogP contribution in [0.3, 0.4) is 0 Å². The Morgan fingerprint density at radius 2 is 1.95 bits per heavy atom. The lowest BCUT2D eigenvalue weighted by molar-refractivity contribution is -0.126. The molecule has 1 aromatic heterocycles. The molecule has 0 unspecified atom stereocenters. The number of fused-ring (bicyclic) bond motifs is 1. The standard InChI is InChI=1S/C25H37N5O8S2/c1-14(2)11-18(21(32)27-19(22(33)40(35,36)37)12-15-9-10-26-20(15)31)30-24(34)38-13-25(3,4)39-23-28-16-7-5-6-8-17(16)29-23/h5-8,14-15,18-19,22,33H,9-13H2,1-4H3,(H,26,31)(H,27,32)(H,28,29)(H,30,34)(H,35,36,37)/t15-,18-,19-,22+/m0/s1. The van der Waals surface area contributed by atoms with Gasteiger partial charge in [0, 0.05) is 12.5 Å². The highest BCUT2D eigenvalue weighted by Gasteiger charge is 2.38. The largest absolute Gasteiger partial charge is 0.448 e. The predicted molar refractivity (Wildman–Crippen MR) is 149 cm³/mol. The molecule has 13 nitrogen and oxygen atoms in total. The molecule has 2 heterocycles. The number of aromatic nitrogens is 2. The number of H-pyrrole nitrogens is 1. The predicted octanol–water partition coefficient (Wildman–Crippen LogP) is 1.79. The summed E-state index contributed by atoms with van der Waals surface area (Å²) in [6.07, 6.45) is -0.520. The Kier molecular flexibility index (Phi) is 10.4. The van der Waals surface area contributed by atoms with Crippen molar-refractivity contribution in [2.45, 2.75) is 74.4 Å². The number of benzene rings is 1.